The van der Waals surface area contributed by atoms with Crippen molar-refractivity contribution in [2.75, 3.05) is 11.5 Å². The topological polar surface area (TPSA) is 70.0 Å². The molecule has 16 heavy (non-hydrogen) atoms. The van der Waals surface area contributed by atoms with E-state index in [1.807, 2.05) is 0 Å². The third-order valence-corrected chi connectivity index (χ3v) is 3.64. The van der Waals surface area contributed by atoms with Crippen LogP contribution in [0, 0.1) is 17.2 Å². The number of nitriles is 1. The van der Waals surface area contributed by atoms with Crippen LogP contribution in [0.3, 0.4) is 0 Å². The summed E-state index contributed by atoms with van der Waals surface area (Å²) in [5, 5.41) is 11.8. The summed E-state index contributed by atoms with van der Waals surface area (Å²) in [7, 11) is 0. The van der Waals surface area contributed by atoms with Gasteiger partial charge in [-0.1, -0.05) is 0 Å². The highest BCUT2D eigenvalue weighted by Crippen LogP contribution is 2.39. The summed E-state index contributed by atoms with van der Waals surface area (Å²) in [5.41, 5.74) is -0.728. The van der Waals surface area contributed by atoms with Gasteiger partial charge in [-0.25, -0.2) is 0 Å². The van der Waals surface area contributed by atoms with Crippen LogP contribution in [-0.2, 0) is 9.59 Å². The van der Waals surface area contributed by atoms with E-state index in [9.17, 15) is 9.59 Å². The molecule has 0 aromatic rings. The van der Waals surface area contributed by atoms with Gasteiger partial charge >= 0.3 is 0 Å². The molecule has 1 atom stereocenters. The van der Waals surface area contributed by atoms with Crippen LogP contribution >= 0.6 is 11.8 Å². The van der Waals surface area contributed by atoms with E-state index in [0.717, 1.165) is 12.8 Å². The van der Waals surface area contributed by atoms with E-state index in [2.05, 4.69) is 11.4 Å². The number of carbonyl (C=O) groups is 2. The first kappa shape index (κ1) is 13.0. The molecule has 1 fully saturated rings. The fourth-order valence-electron chi connectivity index (χ4n) is 1.50. The normalized spacial score (nSPS) is 18.3. The van der Waals surface area contributed by atoms with Crippen molar-refractivity contribution in [1.82, 2.24) is 5.32 Å². The molecule has 0 radical (unpaired) electrons. The molecule has 1 N–H and O–H groups in total. The second-order valence-corrected chi connectivity index (χ2v) is 5.32. The minimum atomic E-state index is -0.728. The summed E-state index contributed by atoms with van der Waals surface area (Å²) < 4.78 is 0. The number of carbonyl (C=O) groups excluding carboxylic acids is 2. The predicted octanol–water partition coefficient (Wildman–Crippen LogP) is 1.12. The number of nitrogens with one attached hydrogen (secondary N) is 1. The molecule has 1 rings (SSSR count). The maximum atomic E-state index is 11.5. The van der Waals surface area contributed by atoms with E-state index < -0.39 is 5.54 Å². The van der Waals surface area contributed by atoms with Crippen molar-refractivity contribution in [3.63, 3.8) is 0 Å². The summed E-state index contributed by atoms with van der Waals surface area (Å²) in [4.78, 5) is 22.2. The molecule has 0 saturated heterocycles. The summed E-state index contributed by atoms with van der Waals surface area (Å²) >= 11 is 1.28. The molecule has 0 spiro atoms. The van der Waals surface area contributed by atoms with Gasteiger partial charge in [0.1, 0.15) is 11.3 Å². The minimum absolute atomic E-state index is 0.0584. The van der Waals surface area contributed by atoms with E-state index in [1.165, 1.54) is 18.7 Å². The highest BCUT2D eigenvalue weighted by molar-refractivity contribution is 8.00. The lowest BCUT2D eigenvalue weighted by Crippen LogP contribution is -2.47. The maximum Gasteiger partial charge on any atom is 0.231 e. The zero-order valence-electron chi connectivity index (χ0n) is 9.58. The second kappa shape index (κ2) is 5.35. The van der Waals surface area contributed by atoms with Crippen molar-refractivity contribution >= 4 is 23.5 Å². The van der Waals surface area contributed by atoms with E-state index in [-0.39, 0.29) is 17.4 Å². The smallest absolute Gasteiger partial charge is 0.231 e. The molecule has 0 bridgehead atoms. The lowest BCUT2D eigenvalue weighted by Gasteiger charge is -2.22. The van der Waals surface area contributed by atoms with E-state index in [0.29, 0.717) is 11.7 Å². The van der Waals surface area contributed by atoms with E-state index in [1.54, 1.807) is 6.92 Å². The number of nitrogens with zero attached hydrogens (tertiary/aromatic N) is 1. The van der Waals surface area contributed by atoms with Crippen molar-refractivity contribution in [2.45, 2.75) is 32.2 Å². The van der Waals surface area contributed by atoms with Gasteiger partial charge in [0.2, 0.25) is 5.91 Å². The van der Waals surface area contributed by atoms with Gasteiger partial charge in [-0.2, -0.15) is 5.26 Å². The van der Waals surface area contributed by atoms with Gasteiger partial charge in [-0.05, 0) is 32.6 Å². The Hall–Kier alpha value is -1.02. The molecule has 4 nitrogen and oxygen atoms in total. The molecule has 0 heterocycles. The molecule has 88 valence electrons. The SMILES string of the molecule is CC(=O)CSCC(=O)N[C@@](C)(C#N)C1CC1. The number of rotatable bonds is 6. The van der Waals surface area contributed by atoms with E-state index in [4.69, 9.17) is 5.26 Å². The number of thioether (sulfide) groups is 1. The first-order valence-electron chi connectivity index (χ1n) is 5.27. The highest BCUT2D eigenvalue weighted by Gasteiger charge is 2.42. The van der Waals surface area contributed by atoms with Crippen LogP contribution in [-0.4, -0.2) is 28.7 Å². The van der Waals surface area contributed by atoms with Crippen molar-refractivity contribution in [2.24, 2.45) is 5.92 Å². The van der Waals surface area contributed by atoms with Crippen LogP contribution in [0.25, 0.3) is 0 Å². The van der Waals surface area contributed by atoms with Crippen LogP contribution in [0.5, 0.6) is 0 Å². The zero-order chi connectivity index (χ0) is 12.2. The lowest BCUT2D eigenvalue weighted by molar-refractivity contribution is -0.119. The molecule has 0 aliphatic heterocycles. The van der Waals surface area contributed by atoms with Crippen molar-refractivity contribution < 1.29 is 9.59 Å². The quantitative estimate of drug-likeness (QED) is 0.755. The number of hydrogen-bond donors (Lipinski definition) is 1. The molecule has 0 unspecified atom stereocenters. The van der Waals surface area contributed by atoms with Crippen LogP contribution in [0.4, 0.5) is 0 Å². The number of Topliss-reactive ketones (excluding diaryl/α,β-unsaturated/α-hetero) is 1. The Balaban J connectivity index is 2.33. The fourth-order valence-corrected chi connectivity index (χ4v) is 2.14. The monoisotopic (exact) mass is 240 g/mol. The molecule has 0 aromatic carbocycles. The lowest BCUT2D eigenvalue weighted by atomic mass is 9.98. The Morgan fingerprint density at radius 2 is 2.12 bits per heavy atom. The average Bonchev–Trinajstić information content (AvgIpc) is 3.00. The summed E-state index contributed by atoms with van der Waals surface area (Å²) in [6, 6.07) is 2.16. The van der Waals surface area contributed by atoms with Crippen molar-refractivity contribution in [3.05, 3.63) is 0 Å². The third-order valence-electron chi connectivity index (χ3n) is 2.56. The Morgan fingerprint density at radius 3 is 2.56 bits per heavy atom. The predicted molar refractivity (Wildman–Crippen MR) is 62.9 cm³/mol. The van der Waals surface area contributed by atoms with Crippen LogP contribution in [0.2, 0.25) is 0 Å². The Labute approximate surface area is 99.8 Å². The number of hydrogen-bond acceptors (Lipinski definition) is 4. The van der Waals surface area contributed by atoms with Crippen molar-refractivity contribution in [1.29, 1.82) is 5.26 Å². The summed E-state index contributed by atoms with van der Waals surface area (Å²) in [6.07, 6.45) is 2.01. The molecule has 0 aromatic heterocycles. The standard InChI is InChI=1S/C11H16N2O2S/c1-8(14)5-16-6-10(15)13-11(2,7-12)9-3-4-9/h9H,3-6H2,1-2H3,(H,13,15)/t11-/m0/s1. The second-order valence-electron chi connectivity index (χ2n) is 4.33. The highest BCUT2D eigenvalue weighted by atomic mass is 32.2. The van der Waals surface area contributed by atoms with Crippen LogP contribution in [0.15, 0.2) is 0 Å². The van der Waals surface area contributed by atoms with Crippen molar-refractivity contribution in [3.8, 4) is 6.07 Å². The molecule has 1 saturated carbocycles. The maximum absolute atomic E-state index is 11.5. The Morgan fingerprint density at radius 1 is 1.50 bits per heavy atom. The first-order valence-corrected chi connectivity index (χ1v) is 6.43. The van der Waals surface area contributed by atoms with Gasteiger partial charge in [0.15, 0.2) is 0 Å². The third kappa shape index (κ3) is 3.86. The fraction of sp³-hybridized carbons (Fsp3) is 0.727. The molecule has 1 aliphatic carbocycles. The van der Waals surface area contributed by atoms with E-state index >= 15 is 0 Å². The largest absolute Gasteiger partial charge is 0.337 e. The van der Waals surface area contributed by atoms with Crippen LogP contribution < -0.4 is 5.32 Å². The molecular weight excluding hydrogens is 224 g/mol. The molecule has 5 heteroatoms. The molecular formula is C11H16N2O2S. The van der Waals surface area contributed by atoms with Gasteiger partial charge in [-0.3, -0.25) is 9.59 Å². The number of ketones is 1. The average molecular weight is 240 g/mol. The Kier molecular flexibility index (Phi) is 4.36. The van der Waals surface area contributed by atoms with Crippen LogP contribution in [0.1, 0.15) is 26.7 Å². The first-order chi connectivity index (χ1) is 7.48. The van der Waals surface area contributed by atoms with Gasteiger partial charge in [-0.15, -0.1) is 11.8 Å². The minimum Gasteiger partial charge on any atom is -0.337 e. The molecule has 1 aliphatic rings. The summed E-state index contributed by atoms with van der Waals surface area (Å²) in [6.45, 7) is 3.26. The molecule has 1 amide bonds. The Bertz CT molecular complexity index is 333. The van der Waals surface area contributed by atoms with Gasteiger partial charge < -0.3 is 5.32 Å². The summed E-state index contributed by atoms with van der Waals surface area (Å²) in [5.74, 6) is 0.772. The van der Waals surface area contributed by atoms with Gasteiger partial charge in [0, 0.05) is 0 Å². The van der Waals surface area contributed by atoms with Gasteiger partial charge in [0.25, 0.3) is 0 Å². The number of amides is 1. The zero-order valence-corrected chi connectivity index (χ0v) is 10.4. The van der Waals surface area contributed by atoms with Gasteiger partial charge in [0.05, 0.1) is 17.6 Å².